The van der Waals surface area contributed by atoms with Crippen LogP contribution >= 0.6 is 0 Å². The maximum Gasteiger partial charge on any atom is 0.255 e. The first kappa shape index (κ1) is 19.1. The number of aryl methyl sites for hydroxylation is 1. The fourth-order valence-corrected chi connectivity index (χ4v) is 4.53. The number of carbonyl (C=O) groups excluding carboxylic acids is 1. The maximum absolute atomic E-state index is 13.1. The number of likely N-dealkylation sites (tertiary alicyclic amines) is 1. The van der Waals surface area contributed by atoms with Crippen molar-refractivity contribution in [2.75, 3.05) is 26.3 Å². The molecule has 0 unspecified atom stereocenters. The molecular formula is C22H26N6O2. The van der Waals surface area contributed by atoms with Gasteiger partial charge in [0.2, 0.25) is 0 Å². The first-order valence-electron chi connectivity index (χ1n) is 10.7. The smallest absolute Gasteiger partial charge is 0.255 e. The Morgan fingerprint density at radius 3 is 2.67 bits per heavy atom. The lowest BCUT2D eigenvalue weighted by Crippen LogP contribution is -2.38. The second-order valence-electron chi connectivity index (χ2n) is 8.16. The van der Waals surface area contributed by atoms with E-state index in [-0.39, 0.29) is 5.91 Å². The molecule has 0 bridgehead atoms. The molecule has 5 heterocycles. The molecule has 2 saturated heterocycles. The minimum absolute atomic E-state index is 0.0299. The first-order valence-corrected chi connectivity index (χ1v) is 10.7. The lowest BCUT2D eigenvalue weighted by molar-refractivity contribution is 0.0704. The molecule has 3 aromatic rings. The predicted molar refractivity (Wildman–Crippen MR) is 111 cm³/mol. The van der Waals surface area contributed by atoms with E-state index in [1.54, 1.807) is 6.20 Å². The van der Waals surface area contributed by atoms with Crippen molar-refractivity contribution in [2.45, 2.75) is 44.6 Å². The normalized spacial score (nSPS) is 18.8. The molecule has 1 amide bonds. The highest BCUT2D eigenvalue weighted by atomic mass is 16.5. The molecule has 8 nitrogen and oxygen atoms in total. The van der Waals surface area contributed by atoms with E-state index < -0.39 is 0 Å². The summed E-state index contributed by atoms with van der Waals surface area (Å²) in [4.78, 5) is 32.8. The van der Waals surface area contributed by atoms with Crippen molar-refractivity contribution < 1.29 is 9.53 Å². The van der Waals surface area contributed by atoms with Crippen LogP contribution in [-0.4, -0.2) is 61.6 Å². The number of pyridine rings is 1. The number of carbonyl (C=O) groups is 1. The van der Waals surface area contributed by atoms with Gasteiger partial charge in [0.1, 0.15) is 11.3 Å². The Labute approximate surface area is 175 Å². The van der Waals surface area contributed by atoms with Gasteiger partial charge in [-0.15, -0.1) is 0 Å². The first-order chi connectivity index (χ1) is 14.7. The van der Waals surface area contributed by atoms with Crippen LogP contribution in [0.3, 0.4) is 0 Å². The van der Waals surface area contributed by atoms with Crippen LogP contribution in [0.15, 0.2) is 30.9 Å². The molecule has 8 heteroatoms. The Morgan fingerprint density at radius 2 is 1.90 bits per heavy atom. The van der Waals surface area contributed by atoms with Crippen LogP contribution in [0.4, 0.5) is 0 Å². The van der Waals surface area contributed by atoms with E-state index in [2.05, 4.69) is 24.5 Å². The van der Waals surface area contributed by atoms with Gasteiger partial charge < -0.3 is 14.2 Å². The molecule has 0 saturated carbocycles. The second kappa shape index (κ2) is 8.10. The van der Waals surface area contributed by atoms with Crippen molar-refractivity contribution in [1.82, 2.24) is 29.4 Å². The lowest BCUT2D eigenvalue weighted by atomic mass is 9.93. The van der Waals surface area contributed by atoms with Crippen LogP contribution in [-0.2, 0) is 4.74 Å². The molecule has 2 fully saturated rings. The molecule has 2 aliphatic heterocycles. The van der Waals surface area contributed by atoms with Crippen molar-refractivity contribution in [2.24, 2.45) is 0 Å². The monoisotopic (exact) mass is 406 g/mol. The maximum atomic E-state index is 13.1. The van der Waals surface area contributed by atoms with Gasteiger partial charge in [-0.25, -0.2) is 19.9 Å². The summed E-state index contributed by atoms with van der Waals surface area (Å²) in [5, 5.41) is 0. The van der Waals surface area contributed by atoms with Gasteiger partial charge >= 0.3 is 0 Å². The van der Waals surface area contributed by atoms with E-state index in [0.29, 0.717) is 17.5 Å². The number of rotatable bonds is 3. The van der Waals surface area contributed by atoms with E-state index in [9.17, 15) is 4.79 Å². The summed E-state index contributed by atoms with van der Waals surface area (Å²) in [5.41, 5.74) is 3.31. The summed E-state index contributed by atoms with van der Waals surface area (Å²) >= 11 is 0. The summed E-state index contributed by atoms with van der Waals surface area (Å²) < 4.78 is 7.58. The highest BCUT2D eigenvalue weighted by Gasteiger charge is 2.26. The zero-order chi connectivity index (χ0) is 20.5. The Bertz CT molecular complexity index is 1050. The number of aromatic nitrogens is 5. The van der Waals surface area contributed by atoms with E-state index >= 15 is 0 Å². The predicted octanol–water partition coefficient (Wildman–Crippen LogP) is 2.90. The Hall–Kier alpha value is -2.87. The van der Waals surface area contributed by atoms with Crippen LogP contribution in [0.5, 0.6) is 0 Å². The number of fused-ring (bicyclic) bond motifs is 1. The molecular weight excluding hydrogens is 380 g/mol. The average molecular weight is 406 g/mol. The molecule has 0 spiro atoms. The zero-order valence-corrected chi connectivity index (χ0v) is 17.2. The SMILES string of the molecule is Cc1nccc(C2CCN(C(=O)c3cnc4c(c3)ncn4C3CCOCC3)CC2)n1. The molecule has 0 N–H and O–H groups in total. The van der Waals surface area contributed by atoms with Gasteiger partial charge in [-0.2, -0.15) is 0 Å². The van der Waals surface area contributed by atoms with Gasteiger partial charge in [-0.05, 0) is 44.7 Å². The number of hydrogen-bond acceptors (Lipinski definition) is 6. The van der Waals surface area contributed by atoms with Crippen molar-refractivity contribution in [3.05, 3.63) is 47.9 Å². The summed E-state index contributed by atoms with van der Waals surface area (Å²) in [5.74, 6) is 1.21. The summed E-state index contributed by atoms with van der Waals surface area (Å²) in [7, 11) is 0. The molecule has 30 heavy (non-hydrogen) atoms. The molecule has 2 aliphatic rings. The molecule has 0 aliphatic carbocycles. The number of piperidine rings is 1. The summed E-state index contributed by atoms with van der Waals surface area (Å²) in [6, 6.07) is 4.23. The highest BCUT2D eigenvalue weighted by molar-refractivity contribution is 5.96. The minimum Gasteiger partial charge on any atom is -0.381 e. The molecule has 0 radical (unpaired) electrons. The minimum atomic E-state index is 0.0299. The standard InChI is InChI=1S/C22H26N6O2/c1-15-23-7-2-19(26-15)16-3-8-27(9-4-16)22(29)17-12-20-21(24-13-17)28(14-25-20)18-5-10-30-11-6-18/h2,7,12-14,16,18H,3-6,8-11H2,1H3. The Morgan fingerprint density at radius 1 is 1.10 bits per heavy atom. The number of ether oxygens (including phenoxy) is 1. The van der Waals surface area contributed by atoms with Crippen molar-refractivity contribution in [3.8, 4) is 0 Å². The number of nitrogens with zero attached hydrogens (tertiary/aromatic N) is 6. The van der Waals surface area contributed by atoms with Crippen LogP contribution in [0.1, 0.15) is 59.5 Å². The fourth-order valence-electron chi connectivity index (χ4n) is 4.53. The number of amides is 1. The third kappa shape index (κ3) is 3.67. The fraction of sp³-hybridized carbons (Fsp3) is 0.500. The van der Waals surface area contributed by atoms with Gasteiger partial charge in [0.25, 0.3) is 5.91 Å². The van der Waals surface area contributed by atoms with E-state index in [0.717, 1.165) is 74.7 Å². The number of imidazole rings is 1. The lowest BCUT2D eigenvalue weighted by Gasteiger charge is -2.31. The van der Waals surface area contributed by atoms with Crippen LogP contribution in [0.2, 0.25) is 0 Å². The summed E-state index contributed by atoms with van der Waals surface area (Å²) in [6.45, 7) is 4.90. The van der Waals surface area contributed by atoms with E-state index in [4.69, 9.17) is 4.74 Å². The van der Waals surface area contributed by atoms with Crippen LogP contribution < -0.4 is 0 Å². The van der Waals surface area contributed by atoms with Crippen LogP contribution in [0.25, 0.3) is 11.2 Å². The quantitative estimate of drug-likeness (QED) is 0.665. The highest BCUT2D eigenvalue weighted by Crippen LogP contribution is 2.28. The molecule has 156 valence electrons. The molecule has 5 rings (SSSR count). The molecule has 0 atom stereocenters. The zero-order valence-electron chi connectivity index (χ0n) is 17.2. The van der Waals surface area contributed by atoms with Gasteiger partial charge in [-0.3, -0.25) is 4.79 Å². The topological polar surface area (TPSA) is 86.0 Å². The number of hydrogen-bond donors (Lipinski definition) is 0. The second-order valence-corrected chi connectivity index (χ2v) is 8.16. The van der Waals surface area contributed by atoms with Crippen LogP contribution in [0, 0.1) is 6.92 Å². The van der Waals surface area contributed by atoms with Gasteiger partial charge in [-0.1, -0.05) is 0 Å². The molecule has 0 aromatic carbocycles. The van der Waals surface area contributed by atoms with Crippen molar-refractivity contribution in [1.29, 1.82) is 0 Å². The third-order valence-electron chi connectivity index (χ3n) is 6.24. The van der Waals surface area contributed by atoms with Crippen molar-refractivity contribution in [3.63, 3.8) is 0 Å². The van der Waals surface area contributed by atoms with Gasteiger partial charge in [0.15, 0.2) is 5.65 Å². The van der Waals surface area contributed by atoms with E-state index in [1.165, 1.54) is 0 Å². The van der Waals surface area contributed by atoms with Gasteiger partial charge in [0, 0.05) is 56.4 Å². The Balaban J connectivity index is 1.28. The Kier molecular flexibility index (Phi) is 5.16. The van der Waals surface area contributed by atoms with Crippen molar-refractivity contribution >= 4 is 17.1 Å². The van der Waals surface area contributed by atoms with E-state index in [1.807, 2.05) is 36.5 Å². The largest absolute Gasteiger partial charge is 0.381 e. The molecule has 3 aromatic heterocycles. The van der Waals surface area contributed by atoms with Gasteiger partial charge in [0.05, 0.1) is 11.9 Å². The summed E-state index contributed by atoms with van der Waals surface area (Å²) in [6.07, 6.45) is 9.12. The third-order valence-corrected chi connectivity index (χ3v) is 6.24. The average Bonchev–Trinajstić information content (AvgIpc) is 3.22.